The van der Waals surface area contributed by atoms with E-state index in [2.05, 4.69) is 4.98 Å². The number of hydrogen-bond donors (Lipinski definition) is 0. The van der Waals surface area contributed by atoms with E-state index in [0.29, 0.717) is 5.03 Å². The molecular formula is C7H7F2NS. The molecule has 0 atom stereocenters. The number of halogens is 2. The summed E-state index contributed by atoms with van der Waals surface area (Å²) in [6.45, 7) is 0. The molecule has 0 unspecified atom stereocenters. The van der Waals surface area contributed by atoms with E-state index in [9.17, 15) is 8.78 Å². The smallest absolute Gasteiger partial charge is 0.249 e. The Morgan fingerprint density at radius 2 is 2.27 bits per heavy atom. The quantitative estimate of drug-likeness (QED) is 0.641. The van der Waals surface area contributed by atoms with Crippen LogP contribution in [0.1, 0.15) is 12.0 Å². The van der Waals surface area contributed by atoms with Gasteiger partial charge in [0.05, 0.1) is 0 Å². The van der Waals surface area contributed by atoms with Crippen molar-refractivity contribution in [3.05, 3.63) is 23.9 Å². The van der Waals surface area contributed by atoms with Crippen LogP contribution in [-0.4, -0.2) is 11.2 Å². The van der Waals surface area contributed by atoms with Gasteiger partial charge < -0.3 is 0 Å². The molecule has 0 amide bonds. The van der Waals surface area contributed by atoms with Crippen molar-refractivity contribution in [3.63, 3.8) is 0 Å². The fraction of sp³-hybridized carbons (Fsp3) is 0.286. The Bertz CT molecular complexity index is 240. The number of rotatable bonds is 2. The van der Waals surface area contributed by atoms with Crippen molar-refractivity contribution >= 4 is 11.8 Å². The largest absolute Gasteiger partial charge is 0.266 e. The predicted octanol–water partition coefficient (Wildman–Crippen LogP) is 2.74. The molecule has 11 heavy (non-hydrogen) atoms. The molecule has 0 spiro atoms. The standard InChI is InChI=1S/C7H7F2NS/c1-11-7-5(6(8)9)3-2-4-10-7/h2-4,6H,1H3. The molecule has 60 valence electrons. The van der Waals surface area contributed by atoms with Gasteiger partial charge in [-0.2, -0.15) is 0 Å². The zero-order chi connectivity index (χ0) is 8.27. The zero-order valence-corrected chi connectivity index (χ0v) is 6.74. The molecule has 0 saturated carbocycles. The fourth-order valence-corrected chi connectivity index (χ4v) is 1.30. The molecule has 0 aliphatic heterocycles. The minimum Gasteiger partial charge on any atom is -0.249 e. The molecule has 1 aromatic rings. The molecule has 1 nitrogen and oxygen atoms in total. The summed E-state index contributed by atoms with van der Waals surface area (Å²) in [6, 6.07) is 2.91. The van der Waals surface area contributed by atoms with Gasteiger partial charge in [0.1, 0.15) is 5.03 Å². The van der Waals surface area contributed by atoms with Crippen LogP contribution < -0.4 is 0 Å². The first-order chi connectivity index (χ1) is 5.25. The molecule has 0 saturated heterocycles. The van der Waals surface area contributed by atoms with E-state index in [1.807, 2.05) is 0 Å². The summed E-state index contributed by atoms with van der Waals surface area (Å²) in [6.07, 6.45) is 0.817. The number of alkyl halides is 2. The Kier molecular flexibility index (Phi) is 2.82. The summed E-state index contributed by atoms with van der Waals surface area (Å²) in [5.41, 5.74) is 0.0139. The van der Waals surface area contributed by atoms with E-state index in [-0.39, 0.29) is 5.56 Å². The highest BCUT2D eigenvalue weighted by atomic mass is 32.2. The van der Waals surface area contributed by atoms with Gasteiger partial charge in [-0.05, 0) is 18.4 Å². The first kappa shape index (κ1) is 8.46. The van der Waals surface area contributed by atoms with Crippen molar-refractivity contribution in [2.75, 3.05) is 6.26 Å². The predicted molar refractivity (Wildman–Crippen MR) is 41.0 cm³/mol. The van der Waals surface area contributed by atoms with Crippen LogP contribution in [0, 0.1) is 0 Å². The third-order valence-corrected chi connectivity index (χ3v) is 1.96. The molecule has 0 radical (unpaired) electrons. The first-order valence-electron chi connectivity index (χ1n) is 3.02. The SMILES string of the molecule is CSc1ncccc1C(F)F. The van der Waals surface area contributed by atoms with Crippen LogP contribution in [0.2, 0.25) is 0 Å². The molecule has 4 heteroatoms. The Hall–Kier alpha value is -0.640. The van der Waals surface area contributed by atoms with Gasteiger partial charge in [-0.25, -0.2) is 13.8 Å². The molecule has 0 aliphatic rings. The van der Waals surface area contributed by atoms with E-state index < -0.39 is 6.43 Å². The number of nitrogens with zero attached hydrogens (tertiary/aromatic N) is 1. The molecule has 0 bridgehead atoms. The summed E-state index contributed by atoms with van der Waals surface area (Å²) in [7, 11) is 0. The first-order valence-corrected chi connectivity index (χ1v) is 4.25. The Morgan fingerprint density at radius 1 is 1.55 bits per heavy atom. The molecule has 1 aromatic heterocycles. The zero-order valence-electron chi connectivity index (χ0n) is 5.92. The van der Waals surface area contributed by atoms with E-state index in [1.165, 1.54) is 30.1 Å². The molecule has 0 fully saturated rings. The van der Waals surface area contributed by atoms with Crippen LogP contribution in [0.3, 0.4) is 0 Å². The summed E-state index contributed by atoms with van der Waals surface area (Å²) < 4.78 is 24.3. The van der Waals surface area contributed by atoms with Gasteiger partial charge in [0.15, 0.2) is 0 Å². The Morgan fingerprint density at radius 3 is 2.73 bits per heavy atom. The highest BCUT2D eigenvalue weighted by Crippen LogP contribution is 2.26. The van der Waals surface area contributed by atoms with Crippen molar-refractivity contribution in [1.82, 2.24) is 4.98 Å². The van der Waals surface area contributed by atoms with Crippen molar-refractivity contribution in [2.45, 2.75) is 11.5 Å². The number of aromatic nitrogens is 1. The van der Waals surface area contributed by atoms with Crippen LogP contribution >= 0.6 is 11.8 Å². The Balaban J connectivity index is 3.02. The monoisotopic (exact) mass is 175 g/mol. The maximum Gasteiger partial charge on any atom is 0.266 e. The number of hydrogen-bond acceptors (Lipinski definition) is 2. The lowest BCUT2D eigenvalue weighted by Crippen LogP contribution is -1.89. The van der Waals surface area contributed by atoms with E-state index in [0.717, 1.165) is 0 Å². The lowest BCUT2D eigenvalue weighted by molar-refractivity contribution is 0.147. The van der Waals surface area contributed by atoms with Crippen molar-refractivity contribution < 1.29 is 8.78 Å². The summed E-state index contributed by atoms with van der Waals surface area (Å²) in [5, 5.41) is 0.405. The third kappa shape index (κ3) is 1.89. The van der Waals surface area contributed by atoms with Gasteiger partial charge >= 0.3 is 0 Å². The molecule has 0 N–H and O–H groups in total. The fourth-order valence-electron chi connectivity index (χ4n) is 0.740. The van der Waals surface area contributed by atoms with Crippen LogP contribution in [0.5, 0.6) is 0 Å². The van der Waals surface area contributed by atoms with Gasteiger partial charge in [-0.15, -0.1) is 11.8 Å². The highest BCUT2D eigenvalue weighted by molar-refractivity contribution is 7.98. The van der Waals surface area contributed by atoms with Crippen LogP contribution in [0.15, 0.2) is 23.4 Å². The Labute approximate surface area is 67.8 Å². The van der Waals surface area contributed by atoms with Gasteiger partial charge in [0.25, 0.3) is 6.43 Å². The van der Waals surface area contributed by atoms with Crippen molar-refractivity contribution in [3.8, 4) is 0 Å². The maximum atomic E-state index is 12.2. The van der Waals surface area contributed by atoms with Crippen molar-refractivity contribution in [1.29, 1.82) is 0 Å². The molecule has 0 aromatic carbocycles. The third-order valence-electron chi connectivity index (χ3n) is 1.23. The number of pyridine rings is 1. The number of thioether (sulfide) groups is 1. The van der Waals surface area contributed by atoms with Crippen LogP contribution in [0.4, 0.5) is 8.78 Å². The van der Waals surface area contributed by atoms with Crippen LogP contribution in [0.25, 0.3) is 0 Å². The molecule has 1 heterocycles. The maximum absolute atomic E-state index is 12.2. The van der Waals surface area contributed by atoms with E-state index >= 15 is 0 Å². The normalized spacial score (nSPS) is 10.5. The van der Waals surface area contributed by atoms with Crippen molar-refractivity contribution in [2.24, 2.45) is 0 Å². The summed E-state index contributed by atoms with van der Waals surface area (Å²) in [5.74, 6) is 0. The minimum atomic E-state index is -2.42. The van der Waals surface area contributed by atoms with Gasteiger partial charge in [-0.3, -0.25) is 0 Å². The van der Waals surface area contributed by atoms with Crippen LogP contribution in [-0.2, 0) is 0 Å². The lowest BCUT2D eigenvalue weighted by Gasteiger charge is -2.02. The van der Waals surface area contributed by atoms with E-state index in [1.54, 1.807) is 6.26 Å². The van der Waals surface area contributed by atoms with Gasteiger partial charge in [-0.1, -0.05) is 0 Å². The minimum absolute atomic E-state index is 0.0139. The summed E-state index contributed by atoms with van der Waals surface area (Å²) in [4.78, 5) is 3.80. The second-order valence-corrected chi connectivity index (χ2v) is 2.70. The van der Waals surface area contributed by atoms with Gasteiger partial charge in [0.2, 0.25) is 0 Å². The van der Waals surface area contributed by atoms with E-state index in [4.69, 9.17) is 0 Å². The second-order valence-electron chi connectivity index (χ2n) is 1.90. The molecular weight excluding hydrogens is 168 g/mol. The van der Waals surface area contributed by atoms with Gasteiger partial charge in [0, 0.05) is 11.8 Å². The average Bonchev–Trinajstić information content (AvgIpc) is 2.04. The molecule has 0 aliphatic carbocycles. The average molecular weight is 175 g/mol. The highest BCUT2D eigenvalue weighted by Gasteiger charge is 2.11. The molecule has 1 rings (SSSR count). The topological polar surface area (TPSA) is 12.9 Å². The second kappa shape index (κ2) is 3.67. The summed E-state index contributed by atoms with van der Waals surface area (Å²) >= 11 is 1.23. The lowest BCUT2D eigenvalue weighted by atomic mass is 10.3.